The lowest BCUT2D eigenvalue weighted by Gasteiger charge is -2.23. The van der Waals surface area contributed by atoms with Gasteiger partial charge in [-0.3, -0.25) is 0 Å². The second-order valence-corrected chi connectivity index (χ2v) is 4.32. The Morgan fingerprint density at radius 3 is 2.67 bits per heavy atom. The molecule has 0 spiro atoms. The summed E-state index contributed by atoms with van der Waals surface area (Å²) in [7, 11) is 0. The van der Waals surface area contributed by atoms with Gasteiger partial charge in [0, 0.05) is 6.07 Å². The third kappa shape index (κ3) is 2.97. The molecule has 1 N–H and O–H groups in total. The number of aromatic nitrogens is 1. The van der Waals surface area contributed by atoms with Gasteiger partial charge in [-0.25, -0.2) is 4.98 Å². The fourth-order valence-electron chi connectivity index (χ4n) is 1.55. The van der Waals surface area contributed by atoms with E-state index in [1.54, 1.807) is 6.07 Å². The number of nitrogens with zero attached hydrogens (tertiary/aromatic N) is 1. The van der Waals surface area contributed by atoms with Gasteiger partial charge in [-0.2, -0.15) is 0 Å². The minimum atomic E-state index is 0.232. The Labute approximate surface area is 98.7 Å². The molecule has 0 radical (unpaired) electrons. The Morgan fingerprint density at radius 1 is 1.27 bits per heavy atom. The highest BCUT2D eigenvalue weighted by Gasteiger charge is 2.15. The summed E-state index contributed by atoms with van der Waals surface area (Å²) in [5, 5.41) is 4.21. The maximum absolute atomic E-state index is 5.87. The highest BCUT2D eigenvalue weighted by molar-refractivity contribution is 6.41. The van der Waals surface area contributed by atoms with E-state index in [0.717, 1.165) is 25.9 Å². The molecule has 82 valence electrons. The van der Waals surface area contributed by atoms with Crippen molar-refractivity contribution in [3.05, 3.63) is 22.3 Å². The summed E-state index contributed by atoms with van der Waals surface area (Å²) in [6.45, 7) is 1.98. The van der Waals surface area contributed by atoms with E-state index in [0.29, 0.717) is 15.9 Å². The summed E-state index contributed by atoms with van der Waals surface area (Å²) < 4.78 is 5.70. The van der Waals surface area contributed by atoms with Crippen molar-refractivity contribution in [2.45, 2.75) is 18.9 Å². The number of piperidine rings is 1. The molecule has 0 saturated carbocycles. The molecule has 0 unspecified atom stereocenters. The van der Waals surface area contributed by atoms with Gasteiger partial charge >= 0.3 is 0 Å². The van der Waals surface area contributed by atoms with E-state index >= 15 is 0 Å². The molecule has 1 aromatic rings. The van der Waals surface area contributed by atoms with E-state index in [-0.39, 0.29) is 6.10 Å². The first kappa shape index (κ1) is 11.0. The molecule has 0 atom stereocenters. The van der Waals surface area contributed by atoms with Crippen LogP contribution < -0.4 is 10.1 Å². The minimum absolute atomic E-state index is 0.232. The lowest BCUT2D eigenvalue weighted by molar-refractivity contribution is 0.156. The van der Waals surface area contributed by atoms with Crippen LogP contribution in [0.3, 0.4) is 0 Å². The number of hydrogen-bond acceptors (Lipinski definition) is 3. The minimum Gasteiger partial charge on any atom is -0.474 e. The predicted molar refractivity (Wildman–Crippen MR) is 60.8 cm³/mol. The van der Waals surface area contributed by atoms with Crippen LogP contribution >= 0.6 is 23.2 Å². The Kier molecular flexibility index (Phi) is 3.67. The van der Waals surface area contributed by atoms with Gasteiger partial charge in [-0.05, 0) is 25.9 Å². The molecular formula is C10H12Cl2N2O. The normalized spacial score (nSPS) is 17.7. The molecule has 1 saturated heterocycles. The van der Waals surface area contributed by atoms with Crippen molar-refractivity contribution < 1.29 is 4.74 Å². The van der Waals surface area contributed by atoms with Gasteiger partial charge in [-0.15, -0.1) is 0 Å². The van der Waals surface area contributed by atoms with E-state index in [1.165, 1.54) is 6.20 Å². The third-order valence-electron chi connectivity index (χ3n) is 2.36. The number of nitrogens with one attached hydrogen (secondary N) is 1. The van der Waals surface area contributed by atoms with E-state index in [9.17, 15) is 0 Å². The summed E-state index contributed by atoms with van der Waals surface area (Å²) in [5.74, 6) is 0.552. The van der Waals surface area contributed by atoms with Crippen molar-refractivity contribution in [2.24, 2.45) is 0 Å². The van der Waals surface area contributed by atoms with Gasteiger partial charge < -0.3 is 10.1 Å². The molecular weight excluding hydrogens is 235 g/mol. The molecule has 1 fully saturated rings. The topological polar surface area (TPSA) is 34.1 Å². The highest BCUT2D eigenvalue weighted by atomic mass is 35.5. The number of ether oxygens (including phenoxy) is 1. The molecule has 1 aromatic heterocycles. The molecule has 0 aliphatic carbocycles. The van der Waals surface area contributed by atoms with Gasteiger partial charge in [0.25, 0.3) is 0 Å². The number of hydrogen-bond donors (Lipinski definition) is 1. The van der Waals surface area contributed by atoms with Crippen molar-refractivity contribution >= 4 is 23.2 Å². The van der Waals surface area contributed by atoms with Crippen LogP contribution in [0.15, 0.2) is 12.3 Å². The maximum Gasteiger partial charge on any atom is 0.215 e. The Morgan fingerprint density at radius 2 is 2.00 bits per heavy atom. The summed E-state index contributed by atoms with van der Waals surface area (Å²) >= 11 is 11.6. The molecule has 0 bridgehead atoms. The van der Waals surface area contributed by atoms with Crippen LogP contribution in [0.2, 0.25) is 10.0 Å². The second kappa shape index (κ2) is 5.01. The third-order valence-corrected chi connectivity index (χ3v) is 3.07. The number of pyridine rings is 1. The van der Waals surface area contributed by atoms with E-state index in [1.807, 2.05) is 0 Å². The van der Waals surface area contributed by atoms with E-state index < -0.39 is 0 Å². The van der Waals surface area contributed by atoms with Crippen LogP contribution in [-0.2, 0) is 0 Å². The zero-order valence-corrected chi connectivity index (χ0v) is 9.68. The van der Waals surface area contributed by atoms with Crippen LogP contribution in [0.5, 0.6) is 5.88 Å². The van der Waals surface area contributed by atoms with Gasteiger partial charge in [0.15, 0.2) is 0 Å². The first-order chi connectivity index (χ1) is 7.25. The Hall–Kier alpha value is -0.510. The Bertz CT molecular complexity index is 340. The van der Waals surface area contributed by atoms with Crippen molar-refractivity contribution in [1.29, 1.82) is 0 Å². The van der Waals surface area contributed by atoms with Gasteiger partial charge in [0.2, 0.25) is 5.88 Å². The van der Waals surface area contributed by atoms with Crippen molar-refractivity contribution in [2.75, 3.05) is 13.1 Å². The number of halogens is 2. The molecule has 15 heavy (non-hydrogen) atoms. The number of rotatable bonds is 2. The quantitative estimate of drug-likeness (QED) is 0.871. The average Bonchev–Trinajstić information content (AvgIpc) is 2.25. The summed E-state index contributed by atoms with van der Waals surface area (Å²) in [5.41, 5.74) is 0. The predicted octanol–water partition coefficient (Wildman–Crippen LogP) is 2.52. The molecule has 1 aliphatic heterocycles. The highest BCUT2D eigenvalue weighted by Crippen LogP contribution is 2.25. The van der Waals surface area contributed by atoms with E-state index in [2.05, 4.69) is 10.3 Å². The first-order valence-corrected chi connectivity index (χ1v) is 5.70. The van der Waals surface area contributed by atoms with E-state index in [4.69, 9.17) is 27.9 Å². The van der Waals surface area contributed by atoms with Crippen LogP contribution in [0.25, 0.3) is 0 Å². The van der Waals surface area contributed by atoms with Crippen LogP contribution in [-0.4, -0.2) is 24.2 Å². The zero-order valence-electron chi connectivity index (χ0n) is 8.17. The van der Waals surface area contributed by atoms with Crippen LogP contribution in [0, 0.1) is 0 Å². The largest absolute Gasteiger partial charge is 0.474 e. The van der Waals surface area contributed by atoms with Gasteiger partial charge in [-0.1, -0.05) is 23.2 Å². The standard InChI is InChI=1S/C10H12Cl2N2O/c11-8-5-10(14-6-9(8)12)15-7-1-3-13-4-2-7/h5-7,13H,1-4H2. The molecule has 0 aromatic carbocycles. The van der Waals surface area contributed by atoms with Crippen molar-refractivity contribution in [3.63, 3.8) is 0 Å². The molecule has 5 heteroatoms. The fraction of sp³-hybridized carbons (Fsp3) is 0.500. The molecule has 3 nitrogen and oxygen atoms in total. The van der Waals surface area contributed by atoms with Gasteiger partial charge in [0.05, 0.1) is 16.2 Å². The second-order valence-electron chi connectivity index (χ2n) is 3.50. The summed E-state index contributed by atoms with van der Waals surface area (Å²) in [6, 6.07) is 1.66. The molecule has 0 amide bonds. The van der Waals surface area contributed by atoms with Gasteiger partial charge in [0.1, 0.15) is 6.10 Å². The lowest BCUT2D eigenvalue weighted by atomic mass is 10.1. The molecule has 2 heterocycles. The van der Waals surface area contributed by atoms with Crippen molar-refractivity contribution in [1.82, 2.24) is 10.3 Å². The summed E-state index contributed by atoms with van der Waals surface area (Å²) in [4.78, 5) is 4.07. The maximum atomic E-state index is 5.87. The zero-order chi connectivity index (χ0) is 10.7. The van der Waals surface area contributed by atoms with Crippen molar-refractivity contribution in [3.8, 4) is 5.88 Å². The van der Waals surface area contributed by atoms with Crippen LogP contribution in [0.1, 0.15) is 12.8 Å². The SMILES string of the molecule is Clc1cnc(OC2CCNCC2)cc1Cl. The summed E-state index contributed by atoms with van der Waals surface area (Å²) in [6.07, 6.45) is 3.75. The fourth-order valence-corrected chi connectivity index (χ4v) is 1.79. The smallest absolute Gasteiger partial charge is 0.215 e. The van der Waals surface area contributed by atoms with Crippen LogP contribution in [0.4, 0.5) is 0 Å². The Balaban J connectivity index is 2.00. The monoisotopic (exact) mass is 246 g/mol. The molecule has 1 aliphatic rings. The first-order valence-electron chi connectivity index (χ1n) is 4.94. The lowest BCUT2D eigenvalue weighted by Crippen LogP contribution is -2.34. The average molecular weight is 247 g/mol. The molecule has 2 rings (SSSR count).